The van der Waals surface area contributed by atoms with E-state index in [0.717, 1.165) is 37.8 Å². The maximum atomic E-state index is 9.47. The van der Waals surface area contributed by atoms with Crippen molar-refractivity contribution in [3.63, 3.8) is 0 Å². The predicted molar refractivity (Wildman–Crippen MR) is 131 cm³/mol. The van der Waals surface area contributed by atoms with Gasteiger partial charge in [-0.2, -0.15) is 0 Å². The van der Waals surface area contributed by atoms with Crippen LogP contribution in [0.2, 0.25) is 0 Å². The predicted octanol–water partition coefficient (Wildman–Crippen LogP) is 5.17. The number of hydrogen-bond donors (Lipinski definition) is 2. The lowest BCUT2D eigenvalue weighted by molar-refractivity contribution is -0.113. The molecule has 2 aliphatic rings. The summed E-state index contributed by atoms with van der Waals surface area (Å²) in [6.07, 6.45) is 20.9. The first-order valence-corrected chi connectivity index (χ1v) is 10.8. The average molecular weight is 426 g/mol. The van der Waals surface area contributed by atoms with Gasteiger partial charge in [0.1, 0.15) is 0 Å². The third-order valence-electron chi connectivity index (χ3n) is 5.18. The Bertz CT molecular complexity index is 431. The highest BCUT2D eigenvalue weighted by Crippen LogP contribution is 2.22. The van der Waals surface area contributed by atoms with Crippen molar-refractivity contribution in [2.75, 3.05) is 19.6 Å². The summed E-state index contributed by atoms with van der Waals surface area (Å²) in [6, 6.07) is 1.57. The smallest absolute Gasteiger partial charge is 0.240 e. The highest BCUT2D eigenvalue weighted by atomic mass is 35.5. The summed E-state index contributed by atoms with van der Waals surface area (Å²) in [5.74, 6) is -0.481. The zero-order chi connectivity index (χ0) is 21.0. The van der Waals surface area contributed by atoms with Crippen LogP contribution in [-0.4, -0.2) is 42.5 Å². The number of nitrogens with two attached hydrogens (primary N) is 1. The molecule has 1 amide bonds. The molecule has 0 aliphatic heterocycles. The van der Waals surface area contributed by atoms with Gasteiger partial charge in [-0.1, -0.05) is 63.3 Å². The van der Waals surface area contributed by atoms with Crippen LogP contribution in [0.25, 0.3) is 0 Å². The average Bonchev–Trinajstić information content (AvgIpc) is 2.74. The van der Waals surface area contributed by atoms with Crippen molar-refractivity contribution < 1.29 is 4.79 Å². The van der Waals surface area contributed by atoms with Gasteiger partial charge in [-0.05, 0) is 31.8 Å². The third kappa shape index (κ3) is 17.2. The minimum Gasteiger partial charge on any atom is -0.366 e. The normalized spacial score (nSPS) is 16.7. The van der Waals surface area contributed by atoms with E-state index in [-0.39, 0.29) is 12.4 Å². The monoisotopic (exact) mass is 425 g/mol. The van der Waals surface area contributed by atoms with Crippen LogP contribution in [0.3, 0.4) is 0 Å². The Morgan fingerprint density at radius 2 is 1.31 bits per heavy atom. The largest absolute Gasteiger partial charge is 0.366 e. The van der Waals surface area contributed by atoms with Crippen molar-refractivity contribution in [3.05, 3.63) is 50.6 Å². The standard InChI is InChI=1S/C12H21N.C9H17N.C3H5NO.ClH/c1-3-10-13(11-4-2)12-8-6-5-7-9-12;1-2-8-10-9-6-4-3-5-7-9;1-2-3(4)5;/h3-4,12H,1-2,5-11H2;2,9-10H,1,3-8H2;2H,1H2,(H2,4,5);1H. The molecule has 2 saturated carbocycles. The summed E-state index contributed by atoms with van der Waals surface area (Å²) in [7, 11) is 0. The van der Waals surface area contributed by atoms with Gasteiger partial charge < -0.3 is 11.1 Å². The molecular formula is C24H44ClN3O. The van der Waals surface area contributed by atoms with Crippen molar-refractivity contribution in [1.82, 2.24) is 10.2 Å². The highest BCUT2D eigenvalue weighted by molar-refractivity contribution is 5.85. The molecular weight excluding hydrogens is 382 g/mol. The summed E-state index contributed by atoms with van der Waals surface area (Å²) in [6.45, 7) is 17.4. The van der Waals surface area contributed by atoms with Gasteiger partial charge in [0.25, 0.3) is 0 Å². The van der Waals surface area contributed by atoms with Gasteiger partial charge in [0.15, 0.2) is 0 Å². The lowest BCUT2D eigenvalue weighted by Crippen LogP contribution is -2.36. The summed E-state index contributed by atoms with van der Waals surface area (Å²) in [5, 5.41) is 3.45. The molecule has 2 aliphatic carbocycles. The van der Waals surface area contributed by atoms with E-state index in [1.54, 1.807) is 0 Å². The third-order valence-corrected chi connectivity index (χ3v) is 5.18. The Morgan fingerprint density at radius 3 is 1.69 bits per heavy atom. The second kappa shape index (κ2) is 21.4. The van der Waals surface area contributed by atoms with Crippen LogP contribution in [0, 0.1) is 0 Å². The van der Waals surface area contributed by atoms with Gasteiger partial charge in [0.05, 0.1) is 0 Å². The van der Waals surface area contributed by atoms with Crippen molar-refractivity contribution >= 4 is 18.3 Å². The van der Waals surface area contributed by atoms with Crippen molar-refractivity contribution in [1.29, 1.82) is 0 Å². The first-order chi connectivity index (χ1) is 13.6. The van der Waals surface area contributed by atoms with E-state index in [1.807, 2.05) is 18.2 Å². The number of carbonyl (C=O) groups excluding carboxylic acids is 1. The van der Waals surface area contributed by atoms with E-state index in [1.165, 1.54) is 64.2 Å². The molecule has 0 heterocycles. The quantitative estimate of drug-likeness (QED) is 0.395. The number of halogens is 1. The van der Waals surface area contributed by atoms with E-state index in [9.17, 15) is 4.79 Å². The van der Waals surface area contributed by atoms with Gasteiger partial charge in [-0.3, -0.25) is 9.69 Å². The molecule has 2 fully saturated rings. The van der Waals surface area contributed by atoms with Crippen LogP contribution in [0.15, 0.2) is 50.6 Å². The van der Waals surface area contributed by atoms with Crippen LogP contribution in [-0.2, 0) is 4.79 Å². The molecule has 2 rings (SSSR count). The minimum absolute atomic E-state index is 0. The fourth-order valence-corrected chi connectivity index (χ4v) is 3.71. The molecule has 0 bridgehead atoms. The van der Waals surface area contributed by atoms with Crippen LogP contribution >= 0.6 is 12.4 Å². The molecule has 0 aromatic carbocycles. The Balaban J connectivity index is 0. The van der Waals surface area contributed by atoms with E-state index in [0.29, 0.717) is 0 Å². The van der Waals surface area contributed by atoms with Crippen molar-refractivity contribution in [2.45, 2.75) is 76.3 Å². The van der Waals surface area contributed by atoms with Gasteiger partial charge in [0.2, 0.25) is 5.91 Å². The molecule has 0 atom stereocenters. The second-order valence-electron chi connectivity index (χ2n) is 7.46. The van der Waals surface area contributed by atoms with Crippen LogP contribution in [0.4, 0.5) is 0 Å². The highest BCUT2D eigenvalue weighted by Gasteiger charge is 2.18. The number of primary amides is 1. The fraction of sp³-hybridized carbons (Fsp3) is 0.625. The molecule has 0 aromatic rings. The zero-order valence-electron chi connectivity index (χ0n) is 18.3. The van der Waals surface area contributed by atoms with E-state index >= 15 is 0 Å². The summed E-state index contributed by atoms with van der Waals surface area (Å²) in [4.78, 5) is 12.0. The van der Waals surface area contributed by atoms with Gasteiger partial charge in [0, 0.05) is 31.7 Å². The number of hydrogen-bond acceptors (Lipinski definition) is 3. The number of amides is 1. The fourth-order valence-electron chi connectivity index (χ4n) is 3.71. The Hall–Kier alpha value is -1.36. The number of rotatable bonds is 9. The summed E-state index contributed by atoms with van der Waals surface area (Å²) >= 11 is 0. The zero-order valence-corrected chi connectivity index (χ0v) is 19.1. The van der Waals surface area contributed by atoms with Crippen molar-refractivity contribution in [2.24, 2.45) is 5.73 Å². The Labute approximate surface area is 185 Å². The van der Waals surface area contributed by atoms with Crippen molar-refractivity contribution in [3.8, 4) is 0 Å². The topological polar surface area (TPSA) is 58.4 Å². The molecule has 5 heteroatoms. The van der Waals surface area contributed by atoms with E-state index in [2.05, 4.69) is 42.3 Å². The van der Waals surface area contributed by atoms with E-state index in [4.69, 9.17) is 0 Å². The van der Waals surface area contributed by atoms with Gasteiger partial charge >= 0.3 is 0 Å². The Kier molecular flexibility index (Phi) is 22.0. The molecule has 0 aromatic heterocycles. The minimum atomic E-state index is -0.481. The van der Waals surface area contributed by atoms with E-state index < -0.39 is 5.91 Å². The first-order valence-electron chi connectivity index (χ1n) is 10.8. The SMILES string of the molecule is C=CC(N)=O.C=CCN(CC=C)C1CCCCC1.C=CCNC1CCCCC1.Cl. The molecule has 0 saturated heterocycles. The number of nitrogens with zero attached hydrogens (tertiary/aromatic N) is 1. The van der Waals surface area contributed by atoms with Crippen LogP contribution in [0.5, 0.6) is 0 Å². The number of nitrogens with one attached hydrogen (secondary N) is 1. The second-order valence-corrected chi connectivity index (χ2v) is 7.46. The van der Waals surface area contributed by atoms with Crippen LogP contribution in [0.1, 0.15) is 64.2 Å². The Morgan fingerprint density at radius 1 is 0.862 bits per heavy atom. The first kappa shape index (κ1) is 29.8. The van der Waals surface area contributed by atoms with Gasteiger partial charge in [-0.15, -0.1) is 32.1 Å². The molecule has 0 unspecified atom stereocenters. The van der Waals surface area contributed by atoms with Crippen LogP contribution < -0.4 is 11.1 Å². The number of carbonyl (C=O) groups is 1. The maximum absolute atomic E-state index is 9.47. The van der Waals surface area contributed by atoms with Gasteiger partial charge in [-0.25, -0.2) is 0 Å². The summed E-state index contributed by atoms with van der Waals surface area (Å²) in [5.41, 5.74) is 4.53. The maximum Gasteiger partial charge on any atom is 0.240 e. The molecule has 29 heavy (non-hydrogen) atoms. The molecule has 0 spiro atoms. The molecule has 0 radical (unpaired) electrons. The lowest BCUT2D eigenvalue weighted by Gasteiger charge is -2.32. The molecule has 4 nitrogen and oxygen atoms in total. The molecule has 3 N–H and O–H groups in total. The summed E-state index contributed by atoms with van der Waals surface area (Å²) < 4.78 is 0. The molecule has 168 valence electrons. The lowest BCUT2D eigenvalue weighted by atomic mass is 9.94.